The number of rotatable bonds is 19. The number of ketones is 1. The second kappa shape index (κ2) is 20.6. The Balaban J connectivity index is 1.52. The lowest BCUT2D eigenvalue weighted by molar-refractivity contribution is -0.289. The molecule has 0 heterocycles. The van der Waals surface area contributed by atoms with E-state index in [-0.39, 0.29) is 63.2 Å². The van der Waals surface area contributed by atoms with E-state index in [1.807, 2.05) is 44.2 Å². The fourth-order valence-electron chi connectivity index (χ4n) is 10.2. The van der Waals surface area contributed by atoms with Crippen molar-refractivity contribution in [3.63, 3.8) is 0 Å². The van der Waals surface area contributed by atoms with Gasteiger partial charge in [0.25, 0.3) is 0 Å². The molecular weight excluding hydrogens is 825 g/mol. The lowest BCUT2D eigenvalue weighted by Crippen LogP contribution is -2.70. The van der Waals surface area contributed by atoms with E-state index in [9.17, 15) is 19.8 Å². The highest BCUT2D eigenvalue weighted by Gasteiger charge is 2.73. The number of aliphatic hydroxyl groups is 2. The van der Waals surface area contributed by atoms with Gasteiger partial charge in [0.05, 0.1) is 42.0 Å². The molecule has 0 aromatic heterocycles. The Bertz CT molecular complexity index is 1960. The quantitative estimate of drug-likeness (QED) is 0.0537. The number of methoxy groups -OCH3 is 1. The molecule has 14 heteroatoms. The first kappa shape index (κ1) is 48.6. The number of Topliss-reactive ketones (excluding diaryl/α,β-unsaturated/α-hetero) is 1. The van der Waals surface area contributed by atoms with Crippen LogP contribution in [0.4, 0.5) is 0 Å². The smallest absolute Gasteiger partial charge is 0.338 e. The molecule has 3 fully saturated rings. The summed E-state index contributed by atoms with van der Waals surface area (Å²) in [7, 11) is -0.0406. The lowest BCUT2D eigenvalue weighted by Gasteiger charge is -2.58. The third-order valence-corrected chi connectivity index (χ3v) is 15.7. The molecule has 3 aromatic carbocycles. The molecule has 2 bridgehead atoms. The number of hydrogen-bond acceptors (Lipinski definition) is 13. The topological polar surface area (TPSA) is 166 Å². The number of esters is 2. The zero-order valence-corrected chi connectivity index (χ0v) is 38.8. The highest BCUT2D eigenvalue weighted by atomic mass is 28.3. The molecule has 2 N–H and O–H groups in total. The molecule has 0 radical (unpaired) electrons. The average molecular weight is 891 g/mol. The van der Waals surface area contributed by atoms with Gasteiger partial charge in [-0.15, -0.1) is 0 Å². The van der Waals surface area contributed by atoms with Gasteiger partial charge in [0.15, 0.2) is 11.4 Å². The molecule has 0 aliphatic heterocycles. The molecule has 0 amide bonds. The maximum absolute atomic E-state index is 16.0. The third-order valence-electron chi connectivity index (χ3n) is 14.0. The van der Waals surface area contributed by atoms with Crippen LogP contribution < -0.4 is 0 Å². The number of aliphatic hydroxyl groups excluding tert-OH is 2. The van der Waals surface area contributed by atoms with Gasteiger partial charge >= 0.3 is 11.9 Å². The Morgan fingerprint density at radius 2 is 1.40 bits per heavy atom. The van der Waals surface area contributed by atoms with Crippen molar-refractivity contribution in [2.75, 3.05) is 40.7 Å². The van der Waals surface area contributed by atoms with Crippen molar-refractivity contribution >= 4 is 25.8 Å². The first-order chi connectivity index (χ1) is 30.0. The second-order valence-electron chi connectivity index (χ2n) is 19.2. The van der Waals surface area contributed by atoms with Gasteiger partial charge in [-0.25, -0.2) is 9.59 Å². The minimum absolute atomic E-state index is 0.142. The zero-order chi connectivity index (χ0) is 45.5. The van der Waals surface area contributed by atoms with E-state index in [0.29, 0.717) is 13.0 Å². The summed E-state index contributed by atoms with van der Waals surface area (Å²) in [6.07, 6.45) is -4.73. The van der Waals surface area contributed by atoms with Gasteiger partial charge in [0.1, 0.15) is 38.2 Å². The first-order valence-electron chi connectivity index (χ1n) is 22.0. The third kappa shape index (κ3) is 10.2. The highest BCUT2D eigenvalue weighted by molar-refractivity contribution is 6.76. The Kier molecular flexibility index (Phi) is 15.9. The van der Waals surface area contributed by atoms with Crippen molar-refractivity contribution in [3.8, 4) is 0 Å². The largest absolute Gasteiger partial charge is 0.454 e. The normalized spacial score (nSPS) is 30.4. The van der Waals surface area contributed by atoms with Crippen molar-refractivity contribution in [2.45, 2.75) is 114 Å². The van der Waals surface area contributed by atoms with Gasteiger partial charge in [0.2, 0.25) is 0 Å². The molecule has 344 valence electrons. The SMILES string of the molecule is COCO[C@H]1C(=O)[C@]2(C)[C@@H](OCOCc3ccccc3)C[C@@H](O)[C@](CO)(OCOCC[Si](C)(C)C)[C@H]2C[C@H](OC(=O)c2ccccc2)[C@]2(OC(=O)c3ccccc3)CC[C@H]1C2(C)C. The van der Waals surface area contributed by atoms with Gasteiger partial charge < -0.3 is 48.1 Å². The second-order valence-corrected chi connectivity index (χ2v) is 24.8. The van der Waals surface area contributed by atoms with Crippen molar-refractivity contribution in [2.24, 2.45) is 22.7 Å². The summed E-state index contributed by atoms with van der Waals surface area (Å²) in [5, 5.41) is 24.1. The predicted molar refractivity (Wildman–Crippen MR) is 236 cm³/mol. The molecule has 6 rings (SSSR count). The average Bonchev–Trinajstić information content (AvgIpc) is 3.53. The minimum Gasteiger partial charge on any atom is -0.454 e. The lowest BCUT2D eigenvalue weighted by atomic mass is 9.53. The van der Waals surface area contributed by atoms with E-state index in [1.54, 1.807) is 67.6 Å². The summed E-state index contributed by atoms with van der Waals surface area (Å²) in [6, 6.07) is 27.5. The maximum Gasteiger partial charge on any atom is 0.338 e. The number of carbonyl (C=O) groups is 3. The van der Waals surface area contributed by atoms with E-state index in [2.05, 4.69) is 19.6 Å². The molecular formula is C49H66O13Si. The maximum atomic E-state index is 16.0. The van der Waals surface area contributed by atoms with E-state index in [1.165, 1.54) is 7.11 Å². The van der Waals surface area contributed by atoms with Crippen molar-refractivity contribution in [3.05, 3.63) is 108 Å². The predicted octanol–water partition coefficient (Wildman–Crippen LogP) is 7.21. The Morgan fingerprint density at radius 1 is 0.778 bits per heavy atom. The van der Waals surface area contributed by atoms with Crippen LogP contribution in [0.3, 0.4) is 0 Å². The fraction of sp³-hybridized carbons (Fsp3) is 0.571. The standard InChI is InChI=1S/C49H66O13Si/c1-46(2)37-23-24-49(46,62-45(54)36-21-15-10-16-22-36)41(61-44(53)35-19-13-9-14-20-35)27-38-47(3,43(52)42(37)59-31-55-4)40(58-32-57-29-34-17-11-8-12-18-34)28-39(51)48(38,30-50)60-33-56-25-26-63(5,6)7/h8-22,37-42,50-51H,23-33H2,1-7H3/t37-,38+,39-,40+,41+,42-,47+,48-,49-/m1/s1. The number of carbonyl (C=O) groups excluding carboxylic acids is 3. The van der Waals surface area contributed by atoms with Crippen LogP contribution in [0.2, 0.25) is 25.7 Å². The number of fused-ring (bicyclic) bond motifs is 3. The van der Waals surface area contributed by atoms with Gasteiger partial charge in [-0.05, 0) is 62.1 Å². The number of ether oxygens (including phenoxy) is 8. The van der Waals surface area contributed by atoms with E-state index < -0.39 is 84.9 Å². The molecule has 3 aliphatic rings. The minimum atomic E-state index is -1.88. The van der Waals surface area contributed by atoms with E-state index >= 15 is 4.79 Å². The number of benzene rings is 3. The van der Waals surface area contributed by atoms with Crippen LogP contribution in [-0.4, -0.2) is 112 Å². The van der Waals surface area contributed by atoms with Crippen LogP contribution in [0.1, 0.15) is 72.7 Å². The molecule has 0 unspecified atom stereocenters. The Hall–Kier alpha value is -3.83. The summed E-state index contributed by atoms with van der Waals surface area (Å²) in [5.74, 6) is -3.50. The van der Waals surface area contributed by atoms with Crippen molar-refractivity contribution < 1.29 is 62.5 Å². The molecule has 9 atom stereocenters. The number of hydrogen-bond donors (Lipinski definition) is 2. The van der Waals surface area contributed by atoms with Crippen molar-refractivity contribution in [1.82, 2.24) is 0 Å². The van der Waals surface area contributed by atoms with Gasteiger partial charge in [-0.1, -0.05) is 100 Å². The van der Waals surface area contributed by atoms with E-state index in [0.717, 1.165) is 11.6 Å². The molecule has 3 aromatic rings. The van der Waals surface area contributed by atoms with Crippen molar-refractivity contribution in [1.29, 1.82) is 0 Å². The summed E-state index contributed by atoms with van der Waals surface area (Å²) in [6.45, 7) is 11.3. The van der Waals surface area contributed by atoms with Crippen LogP contribution in [0.15, 0.2) is 91.0 Å². The Labute approximate surface area is 372 Å². The molecule has 63 heavy (non-hydrogen) atoms. The van der Waals surface area contributed by atoms with Crippen LogP contribution in [0.5, 0.6) is 0 Å². The zero-order valence-electron chi connectivity index (χ0n) is 37.8. The summed E-state index contributed by atoms with van der Waals surface area (Å²) in [4.78, 5) is 44.8. The molecule has 0 saturated heterocycles. The monoisotopic (exact) mass is 890 g/mol. The van der Waals surface area contributed by atoms with Crippen LogP contribution in [-0.2, 0) is 49.3 Å². The molecule has 3 saturated carbocycles. The van der Waals surface area contributed by atoms with Crippen LogP contribution in [0, 0.1) is 22.7 Å². The van der Waals surface area contributed by atoms with E-state index in [4.69, 9.17) is 37.9 Å². The molecule has 13 nitrogen and oxygen atoms in total. The molecule has 3 aliphatic carbocycles. The van der Waals surface area contributed by atoms with Crippen LogP contribution >= 0.6 is 0 Å². The molecule has 0 spiro atoms. The van der Waals surface area contributed by atoms with Gasteiger partial charge in [-0.2, -0.15) is 0 Å². The Morgan fingerprint density at radius 3 is 2.00 bits per heavy atom. The highest BCUT2D eigenvalue weighted by Crippen LogP contribution is 2.63. The summed E-state index contributed by atoms with van der Waals surface area (Å²) in [5.41, 5.74) is -4.73. The summed E-state index contributed by atoms with van der Waals surface area (Å²) >= 11 is 0. The summed E-state index contributed by atoms with van der Waals surface area (Å²) < 4.78 is 50.5. The first-order valence-corrected chi connectivity index (χ1v) is 25.7. The van der Waals surface area contributed by atoms with Gasteiger partial charge in [0, 0.05) is 45.5 Å². The van der Waals surface area contributed by atoms with Gasteiger partial charge in [-0.3, -0.25) is 4.79 Å². The van der Waals surface area contributed by atoms with Crippen LogP contribution in [0.25, 0.3) is 0 Å². The fourth-order valence-corrected chi connectivity index (χ4v) is 11.0.